The van der Waals surface area contributed by atoms with Crippen molar-refractivity contribution in [2.75, 3.05) is 0 Å². The summed E-state index contributed by atoms with van der Waals surface area (Å²) in [5.41, 5.74) is 0.801. The Bertz CT molecular complexity index is 720. The average molecular weight is 345 g/mol. The Labute approximate surface area is 145 Å². The van der Waals surface area contributed by atoms with E-state index < -0.39 is 29.8 Å². The molecule has 1 amide bonds. The van der Waals surface area contributed by atoms with Crippen molar-refractivity contribution < 1.29 is 23.8 Å². The lowest BCUT2D eigenvalue weighted by atomic mass is 10.0. The van der Waals surface area contributed by atoms with E-state index in [1.54, 1.807) is 6.07 Å². The van der Waals surface area contributed by atoms with E-state index in [-0.39, 0.29) is 18.6 Å². The molecule has 2 N–H and O–H groups in total. The molecule has 0 bridgehead atoms. The molecule has 0 heterocycles. The first-order valence-corrected chi connectivity index (χ1v) is 7.95. The fourth-order valence-corrected chi connectivity index (χ4v) is 2.35. The van der Waals surface area contributed by atoms with Crippen LogP contribution in [0.25, 0.3) is 0 Å². The van der Waals surface area contributed by atoms with E-state index >= 15 is 0 Å². The first kappa shape index (κ1) is 18.4. The molecule has 6 heteroatoms. The molecular weight excluding hydrogens is 325 g/mol. The predicted molar refractivity (Wildman–Crippen MR) is 90.7 cm³/mol. The highest BCUT2D eigenvalue weighted by Gasteiger charge is 2.21. The number of hydrogen-bond donors (Lipinski definition) is 2. The summed E-state index contributed by atoms with van der Waals surface area (Å²) in [7, 11) is 0. The van der Waals surface area contributed by atoms with Gasteiger partial charge in [-0.05, 0) is 31.0 Å². The van der Waals surface area contributed by atoms with Crippen molar-refractivity contribution in [2.24, 2.45) is 0 Å². The second-order valence-corrected chi connectivity index (χ2v) is 5.59. The normalized spacial score (nSPS) is 12.9. The first-order chi connectivity index (χ1) is 12.0. The molecule has 0 radical (unpaired) electrons. The fraction of sp³-hybridized carbons (Fsp3) is 0.263. The van der Waals surface area contributed by atoms with Gasteiger partial charge in [0.05, 0.1) is 6.04 Å². The zero-order chi connectivity index (χ0) is 18.2. The Kier molecular flexibility index (Phi) is 6.51. The van der Waals surface area contributed by atoms with Crippen LogP contribution in [0.5, 0.6) is 5.75 Å². The summed E-state index contributed by atoms with van der Waals surface area (Å²) in [6.45, 7) is 1.51. The first-order valence-electron chi connectivity index (χ1n) is 7.95. The van der Waals surface area contributed by atoms with Gasteiger partial charge in [0.25, 0.3) is 5.91 Å². The van der Waals surface area contributed by atoms with Crippen LogP contribution in [-0.4, -0.2) is 23.1 Å². The number of rotatable bonds is 8. The van der Waals surface area contributed by atoms with Gasteiger partial charge < -0.3 is 15.2 Å². The Morgan fingerprint density at radius 1 is 1.12 bits per heavy atom. The molecule has 0 aromatic heterocycles. The third-order valence-corrected chi connectivity index (χ3v) is 3.67. The van der Waals surface area contributed by atoms with Gasteiger partial charge in [-0.2, -0.15) is 0 Å². The summed E-state index contributed by atoms with van der Waals surface area (Å²) in [6.07, 6.45) is -0.757. The Hall–Kier alpha value is -2.89. The van der Waals surface area contributed by atoms with Gasteiger partial charge in [-0.15, -0.1) is 0 Å². The second-order valence-electron chi connectivity index (χ2n) is 5.59. The molecule has 0 saturated heterocycles. The molecule has 2 atom stereocenters. The van der Waals surface area contributed by atoms with Crippen LogP contribution in [0.4, 0.5) is 4.39 Å². The molecule has 132 valence electrons. The van der Waals surface area contributed by atoms with E-state index in [0.717, 1.165) is 5.56 Å². The van der Waals surface area contributed by atoms with Crippen LogP contribution < -0.4 is 10.1 Å². The minimum Gasteiger partial charge on any atom is -0.481 e. The number of aliphatic carboxylic acids is 1. The molecule has 2 aromatic rings. The zero-order valence-electron chi connectivity index (χ0n) is 13.8. The summed E-state index contributed by atoms with van der Waals surface area (Å²) < 4.78 is 19.0. The summed E-state index contributed by atoms with van der Waals surface area (Å²) >= 11 is 0. The molecule has 0 aliphatic rings. The van der Waals surface area contributed by atoms with Crippen LogP contribution in [0, 0.1) is 5.82 Å². The van der Waals surface area contributed by atoms with Gasteiger partial charge in [0.2, 0.25) is 0 Å². The largest absolute Gasteiger partial charge is 0.481 e. The van der Waals surface area contributed by atoms with Crippen LogP contribution in [0.2, 0.25) is 0 Å². The number of benzene rings is 2. The number of ether oxygens (including phenoxy) is 1. The highest BCUT2D eigenvalue weighted by Crippen LogP contribution is 2.20. The Morgan fingerprint density at radius 2 is 1.76 bits per heavy atom. The Balaban J connectivity index is 2.05. The molecular formula is C19H20FNO4. The van der Waals surface area contributed by atoms with E-state index in [1.165, 1.54) is 25.1 Å². The monoisotopic (exact) mass is 345 g/mol. The van der Waals surface area contributed by atoms with E-state index in [4.69, 9.17) is 9.84 Å². The minimum atomic E-state index is -0.939. The average Bonchev–Trinajstić information content (AvgIpc) is 2.61. The second kappa shape index (κ2) is 8.82. The summed E-state index contributed by atoms with van der Waals surface area (Å²) in [6, 6.07) is 14.5. The van der Waals surface area contributed by atoms with Gasteiger partial charge in [0.1, 0.15) is 0 Å². The highest BCUT2D eigenvalue weighted by molar-refractivity contribution is 5.81. The molecule has 0 aliphatic heterocycles. The van der Waals surface area contributed by atoms with Crippen LogP contribution in [0.1, 0.15) is 31.4 Å². The van der Waals surface area contributed by atoms with E-state index in [0.29, 0.717) is 0 Å². The Morgan fingerprint density at radius 3 is 2.40 bits per heavy atom. The number of carbonyl (C=O) groups excluding carboxylic acids is 1. The van der Waals surface area contributed by atoms with Crippen LogP contribution in [0.15, 0.2) is 54.6 Å². The van der Waals surface area contributed by atoms with E-state index in [1.807, 2.05) is 30.3 Å². The molecule has 2 unspecified atom stereocenters. The molecule has 25 heavy (non-hydrogen) atoms. The van der Waals surface area contributed by atoms with Crippen LogP contribution in [-0.2, 0) is 9.59 Å². The van der Waals surface area contributed by atoms with E-state index in [2.05, 4.69) is 5.32 Å². The molecule has 2 aromatic carbocycles. The molecule has 2 rings (SSSR count). The van der Waals surface area contributed by atoms with Gasteiger partial charge in [-0.1, -0.05) is 42.5 Å². The number of hydrogen-bond acceptors (Lipinski definition) is 3. The van der Waals surface area contributed by atoms with Crippen molar-refractivity contribution in [2.45, 2.75) is 31.9 Å². The third-order valence-electron chi connectivity index (χ3n) is 3.67. The van der Waals surface area contributed by atoms with Crippen LogP contribution in [0.3, 0.4) is 0 Å². The zero-order valence-corrected chi connectivity index (χ0v) is 13.8. The third kappa shape index (κ3) is 5.60. The number of carbonyl (C=O) groups is 2. The van der Waals surface area contributed by atoms with Crippen molar-refractivity contribution in [3.8, 4) is 5.75 Å². The molecule has 0 aliphatic carbocycles. The predicted octanol–water partition coefficient (Wildman–Crippen LogP) is 3.32. The molecule has 0 fully saturated rings. The van der Waals surface area contributed by atoms with Gasteiger partial charge in [0, 0.05) is 6.42 Å². The number of amides is 1. The number of carboxylic acid groups (broad SMARTS) is 1. The number of carboxylic acids is 1. The molecule has 5 nitrogen and oxygen atoms in total. The van der Waals surface area contributed by atoms with Crippen LogP contribution >= 0.6 is 0 Å². The SMILES string of the molecule is CC(Oc1ccccc1F)C(=O)NC(CCC(=O)O)c1ccccc1. The smallest absolute Gasteiger partial charge is 0.303 e. The summed E-state index contributed by atoms with van der Waals surface area (Å²) in [4.78, 5) is 23.2. The lowest BCUT2D eigenvalue weighted by Gasteiger charge is -2.22. The molecule has 0 spiro atoms. The number of para-hydroxylation sites is 1. The maximum absolute atomic E-state index is 13.6. The van der Waals surface area contributed by atoms with Gasteiger partial charge >= 0.3 is 5.97 Å². The maximum Gasteiger partial charge on any atom is 0.303 e. The van der Waals surface area contributed by atoms with Crippen molar-refractivity contribution in [3.05, 3.63) is 66.0 Å². The maximum atomic E-state index is 13.6. The van der Waals surface area contributed by atoms with Gasteiger partial charge in [0.15, 0.2) is 17.7 Å². The molecule has 0 saturated carbocycles. The minimum absolute atomic E-state index is 0.00746. The van der Waals surface area contributed by atoms with Crippen molar-refractivity contribution in [1.82, 2.24) is 5.32 Å². The lowest BCUT2D eigenvalue weighted by Crippen LogP contribution is -2.39. The number of nitrogens with one attached hydrogen (secondary N) is 1. The quantitative estimate of drug-likeness (QED) is 0.770. The standard InChI is InChI=1S/C19H20FNO4/c1-13(25-17-10-6-5-9-15(17)20)19(24)21-16(11-12-18(22)23)14-7-3-2-4-8-14/h2-10,13,16H,11-12H2,1H3,(H,21,24)(H,22,23). The van der Waals surface area contributed by atoms with Crippen molar-refractivity contribution >= 4 is 11.9 Å². The topological polar surface area (TPSA) is 75.6 Å². The fourth-order valence-electron chi connectivity index (χ4n) is 2.35. The summed E-state index contributed by atoms with van der Waals surface area (Å²) in [5, 5.41) is 11.7. The highest BCUT2D eigenvalue weighted by atomic mass is 19.1. The van der Waals surface area contributed by atoms with E-state index in [9.17, 15) is 14.0 Å². The lowest BCUT2D eigenvalue weighted by molar-refractivity contribution is -0.137. The number of halogens is 1. The summed E-state index contributed by atoms with van der Waals surface area (Å²) in [5.74, 6) is -1.94. The van der Waals surface area contributed by atoms with Gasteiger partial charge in [-0.25, -0.2) is 4.39 Å². The van der Waals surface area contributed by atoms with Gasteiger partial charge in [-0.3, -0.25) is 9.59 Å². The van der Waals surface area contributed by atoms with Crippen molar-refractivity contribution in [1.29, 1.82) is 0 Å². The van der Waals surface area contributed by atoms with Crippen molar-refractivity contribution in [3.63, 3.8) is 0 Å².